The molecule has 2 rings (SSSR count). The van der Waals surface area contributed by atoms with E-state index in [9.17, 15) is 4.79 Å². The standard InChI is InChI=1S/C12H11BrClNOS/c1-12(2,8-4-3-5-9(14)6-8)15-11(16)10(13)7-17-15/h3-7H,1-2H3. The largest absolute Gasteiger partial charge is 0.275 e. The lowest BCUT2D eigenvalue weighted by Crippen LogP contribution is -2.33. The van der Waals surface area contributed by atoms with E-state index in [1.54, 1.807) is 9.34 Å². The third kappa shape index (κ3) is 2.34. The molecule has 90 valence electrons. The first-order valence-corrected chi connectivity index (χ1v) is 7.07. The zero-order valence-electron chi connectivity index (χ0n) is 9.41. The van der Waals surface area contributed by atoms with Crippen molar-refractivity contribution in [3.05, 3.63) is 55.1 Å². The van der Waals surface area contributed by atoms with Crippen molar-refractivity contribution >= 4 is 39.1 Å². The van der Waals surface area contributed by atoms with Gasteiger partial charge in [-0.05, 0) is 47.5 Å². The van der Waals surface area contributed by atoms with Crippen molar-refractivity contribution in [3.63, 3.8) is 0 Å². The maximum absolute atomic E-state index is 12.0. The molecule has 0 radical (unpaired) electrons. The number of halogens is 2. The smallest absolute Gasteiger partial charge is 0.267 e. The summed E-state index contributed by atoms with van der Waals surface area (Å²) in [6, 6.07) is 7.59. The highest BCUT2D eigenvalue weighted by atomic mass is 79.9. The summed E-state index contributed by atoms with van der Waals surface area (Å²) in [7, 11) is 0. The lowest BCUT2D eigenvalue weighted by Gasteiger charge is -2.25. The Hall–Kier alpha value is -0.580. The molecule has 1 heterocycles. The minimum Gasteiger partial charge on any atom is -0.267 e. The van der Waals surface area contributed by atoms with Crippen LogP contribution in [0.2, 0.25) is 5.02 Å². The van der Waals surface area contributed by atoms with Gasteiger partial charge in [-0.2, -0.15) is 0 Å². The van der Waals surface area contributed by atoms with E-state index in [-0.39, 0.29) is 5.56 Å². The molecule has 0 saturated heterocycles. The minimum atomic E-state index is -0.404. The molecular formula is C12H11BrClNOS. The van der Waals surface area contributed by atoms with Crippen LogP contribution in [0.3, 0.4) is 0 Å². The second-order valence-corrected chi connectivity index (χ2v) is 6.34. The van der Waals surface area contributed by atoms with E-state index in [2.05, 4.69) is 15.9 Å². The van der Waals surface area contributed by atoms with Gasteiger partial charge in [0.25, 0.3) is 5.56 Å². The molecule has 0 spiro atoms. The van der Waals surface area contributed by atoms with Gasteiger partial charge in [0, 0.05) is 10.4 Å². The lowest BCUT2D eigenvalue weighted by atomic mass is 9.95. The molecule has 2 nitrogen and oxygen atoms in total. The predicted octanol–water partition coefficient (Wildman–Crippen LogP) is 4.11. The van der Waals surface area contributed by atoms with Gasteiger partial charge in [-0.1, -0.05) is 35.3 Å². The quantitative estimate of drug-likeness (QED) is 0.811. The number of hydrogen-bond donors (Lipinski definition) is 0. The van der Waals surface area contributed by atoms with Gasteiger partial charge in [-0.15, -0.1) is 0 Å². The van der Waals surface area contributed by atoms with Crippen LogP contribution in [-0.2, 0) is 5.54 Å². The zero-order valence-corrected chi connectivity index (χ0v) is 12.6. The number of hydrogen-bond acceptors (Lipinski definition) is 2. The number of nitrogens with zero attached hydrogens (tertiary/aromatic N) is 1. The van der Waals surface area contributed by atoms with Crippen molar-refractivity contribution in [3.8, 4) is 0 Å². The van der Waals surface area contributed by atoms with E-state index in [4.69, 9.17) is 11.6 Å². The van der Waals surface area contributed by atoms with E-state index in [1.807, 2.05) is 38.1 Å². The van der Waals surface area contributed by atoms with Crippen molar-refractivity contribution in [2.45, 2.75) is 19.4 Å². The van der Waals surface area contributed by atoms with Gasteiger partial charge in [-0.3, -0.25) is 8.75 Å². The van der Waals surface area contributed by atoms with Gasteiger partial charge < -0.3 is 0 Å². The Bertz CT molecular complexity index is 603. The van der Waals surface area contributed by atoms with E-state index in [0.717, 1.165) is 5.56 Å². The minimum absolute atomic E-state index is 0.0139. The highest BCUT2D eigenvalue weighted by molar-refractivity contribution is 9.10. The van der Waals surface area contributed by atoms with Gasteiger partial charge in [0.05, 0.1) is 10.0 Å². The van der Waals surface area contributed by atoms with Crippen LogP contribution in [0.5, 0.6) is 0 Å². The Morgan fingerprint density at radius 3 is 2.65 bits per heavy atom. The van der Waals surface area contributed by atoms with Gasteiger partial charge in [-0.25, -0.2) is 0 Å². The van der Waals surface area contributed by atoms with Crippen molar-refractivity contribution < 1.29 is 0 Å². The van der Waals surface area contributed by atoms with Crippen LogP contribution >= 0.6 is 39.1 Å². The number of aromatic nitrogens is 1. The fourth-order valence-corrected chi connectivity index (χ4v) is 3.26. The van der Waals surface area contributed by atoms with Crippen LogP contribution in [0, 0.1) is 0 Å². The van der Waals surface area contributed by atoms with Crippen molar-refractivity contribution in [1.29, 1.82) is 0 Å². The summed E-state index contributed by atoms with van der Waals surface area (Å²) in [5.41, 5.74) is 0.597. The Kier molecular flexibility index (Phi) is 3.48. The zero-order chi connectivity index (χ0) is 12.6. The molecule has 0 aliphatic heterocycles. The molecule has 0 unspecified atom stereocenters. The summed E-state index contributed by atoms with van der Waals surface area (Å²) in [6.45, 7) is 4.01. The molecule has 5 heteroatoms. The van der Waals surface area contributed by atoms with E-state index in [0.29, 0.717) is 9.50 Å². The molecule has 1 aromatic heterocycles. The number of benzene rings is 1. The summed E-state index contributed by atoms with van der Waals surface area (Å²) >= 11 is 10.6. The average Bonchev–Trinajstić information content (AvgIpc) is 2.60. The normalized spacial score (nSPS) is 11.8. The van der Waals surface area contributed by atoms with Crippen molar-refractivity contribution in [2.75, 3.05) is 0 Å². The van der Waals surface area contributed by atoms with Crippen molar-refractivity contribution in [2.24, 2.45) is 0 Å². The molecule has 0 atom stereocenters. The summed E-state index contributed by atoms with van der Waals surface area (Å²) in [5.74, 6) is 0. The maximum Gasteiger partial charge on any atom is 0.275 e. The summed E-state index contributed by atoms with van der Waals surface area (Å²) in [6.07, 6.45) is 0. The molecular weight excluding hydrogens is 322 g/mol. The van der Waals surface area contributed by atoms with E-state index >= 15 is 0 Å². The molecule has 2 aromatic rings. The molecule has 1 aromatic carbocycles. The Morgan fingerprint density at radius 2 is 2.12 bits per heavy atom. The Balaban J connectivity index is 2.57. The average molecular weight is 333 g/mol. The fourth-order valence-electron chi connectivity index (χ4n) is 1.67. The third-order valence-electron chi connectivity index (χ3n) is 2.69. The van der Waals surface area contributed by atoms with E-state index < -0.39 is 5.54 Å². The first-order chi connectivity index (χ1) is 7.93. The molecule has 0 saturated carbocycles. The van der Waals surface area contributed by atoms with Gasteiger partial charge in [0.1, 0.15) is 0 Å². The van der Waals surface area contributed by atoms with Gasteiger partial charge in [0.15, 0.2) is 0 Å². The first kappa shape index (κ1) is 12.9. The maximum atomic E-state index is 12.0. The first-order valence-electron chi connectivity index (χ1n) is 5.06. The SMILES string of the molecule is CC(C)(c1cccc(Cl)c1)n1scc(Br)c1=O. The molecule has 0 fully saturated rings. The van der Waals surface area contributed by atoms with Crippen LogP contribution < -0.4 is 5.56 Å². The molecule has 0 aliphatic rings. The molecule has 0 aliphatic carbocycles. The monoisotopic (exact) mass is 331 g/mol. The van der Waals surface area contributed by atoms with Gasteiger partial charge in [0.2, 0.25) is 0 Å². The van der Waals surface area contributed by atoms with Gasteiger partial charge >= 0.3 is 0 Å². The Morgan fingerprint density at radius 1 is 1.41 bits per heavy atom. The van der Waals surface area contributed by atoms with E-state index in [1.165, 1.54) is 11.5 Å². The predicted molar refractivity (Wildman–Crippen MR) is 76.2 cm³/mol. The summed E-state index contributed by atoms with van der Waals surface area (Å²) in [5, 5.41) is 2.48. The second kappa shape index (κ2) is 4.59. The molecule has 0 amide bonds. The second-order valence-electron chi connectivity index (χ2n) is 4.24. The topological polar surface area (TPSA) is 22.0 Å². The molecule has 0 bridgehead atoms. The summed E-state index contributed by atoms with van der Waals surface area (Å²) < 4.78 is 2.33. The number of rotatable bonds is 2. The summed E-state index contributed by atoms with van der Waals surface area (Å²) in [4.78, 5) is 12.0. The van der Waals surface area contributed by atoms with Crippen molar-refractivity contribution in [1.82, 2.24) is 3.96 Å². The Labute approximate surface area is 117 Å². The van der Waals surface area contributed by atoms with Crippen LogP contribution in [0.15, 0.2) is 38.9 Å². The highest BCUT2D eigenvalue weighted by Gasteiger charge is 2.26. The highest BCUT2D eigenvalue weighted by Crippen LogP contribution is 2.28. The van der Waals surface area contributed by atoms with Crippen LogP contribution in [-0.4, -0.2) is 3.96 Å². The van der Waals surface area contributed by atoms with Crippen LogP contribution in [0.4, 0.5) is 0 Å². The third-order valence-corrected chi connectivity index (χ3v) is 4.97. The lowest BCUT2D eigenvalue weighted by molar-refractivity contribution is 0.459. The molecule has 17 heavy (non-hydrogen) atoms. The van der Waals surface area contributed by atoms with Crippen LogP contribution in [0.25, 0.3) is 0 Å². The van der Waals surface area contributed by atoms with Crippen LogP contribution in [0.1, 0.15) is 19.4 Å². The molecule has 0 N–H and O–H groups in total. The fraction of sp³-hybridized carbons (Fsp3) is 0.250.